The molecule has 0 fully saturated rings. The number of halogens is 1. The van der Waals surface area contributed by atoms with E-state index in [1.807, 2.05) is 19.1 Å². The van der Waals surface area contributed by atoms with Crippen molar-refractivity contribution in [3.63, 3.8) is 0 Å². The lowest BCUT2D eigenvalue weighted by Crippen LogP contribution is -2.41. The number of carbonyl (C=O) groups is 1. The number of rotatable bonds is 5. The molecule has 122 valence electrons. The second-order valence-corrected chi connectivity index (χ2v) is 6.87. The molecular weight excluding hydrogens is 319 g/mol. The van der Waals surface area contributed by atoms with Crippen LogP contribution in [0, 0.1) is 12.7 Å². The molecule has 0 saturated carbocycles. The van der Waals surface area contributed by atoms with Crippen LogP contribution in [0.25, 0.3) is 0 Å². The van der Waals surface area contributed by atoms with Gasteiger partial charge in [-0.1, -0.05) is 17.7 Å². The fourth-order valence-electron chi connectivity index (χ4n) is 1.86. The quantitative estimate of drug-likeness (QED) is 0.880. The average Bonchev–Trinajstić information content (AvgIpc) is 2.49. The monoisotopic (exact) mass is 336 g/mol. The van der Waals surface area contributed by atoms with Crippen LogP contribution in [0.1, 0.15) is 12.5 Å². The molecule has 2 aromatic carbocycles. The van der Waals surface area contributed by atoms with Crippen LogP contribution in [-0.2, 0) is 14.8 Å². The van der Waals surface area contributed by atoms with Crippen molar-refractivity contribution >= 4 is 21.6 Å². The van der Waals surface area contributed by atoms with E-state index in [1.54, 1.807) is 12.1 Å². The summed E-state index contributed by atoms with van der Waals surface area (Å²) in [6, 6.07) is 10.5. The van der Waals surface area contributed by atoms with Crippen LogP contribution in [0.5, 0.6) is 0 Å². The largest absolute Gasteiger partial charge is 0.325 e. The maximum absolute atomic E-state index is 12.9. The lowest BCUT2D eigenvalue weighted by molar-refractivity contribution is -0.117. The zero-order chi connectivity index (χ0) is 17.0. The summed E-state index contributed by atoms with van der Waals surface area (Å²) in [5.41, 5.74) is 1.63. The van der Waals surface area contributed by atoms with Crippen molar-refractivity contribution in [2.75, 3.05) is 5.32 Å². The van der Waals surface area contributed by atoms with Crippen LogP contribution in [0.15, 0.2) is 53.4 Å². The highest BCUT2D eigenvalue weighted by Gasteiger charge is 2.22. The Kier molecular flexibility index (Phi) is 5.12. The van der Waals surface area contributed by atoms with Gasteiger partial charge in [-0.3, -0.25) is 4.79 Å². The Balaban J connectivity index is 2.05. The number of anilines is 1. The maximum Gasteiger partial charge on any atom is 0.242 e. The highest BCUT2D eigenvalue weighted by Crippen LogP contribution is 2.12. The van der Waals surface area contributed by atoms with Gasteiger partial charge in [-0.2, -0.15) is 4.72 Å². The third-order valence-corrected chi connectivity index (χ3v) is 4.72. The van der Waals surface area contributed by atoms with Crippen LogP contribution in [-0.4, -0.2) is 20.4 Å². The molecular formula is C16H17FN2O3S. The number of aryl methyl sites for hydroxylation is 1. The zero-order valence-corrected chi connectivity index (χ0v) is 13.5. The molecule has 0 radical (unpaired) electrons. The summed E-state index contributed by atoms with van der Waals surface area (Å²) in [5, 5.41) is 2.63. The lowest BCUT2D eigenvalue weighted by Gasteiger charge is -2.14. The van der Waals surface area contributed by atoms with Crippen molar-refractivity contribution in [2.24, 2.45) is 0 Å². The van der Waals surface area contributed by atoms with Crippen molar-refractivity contribution in [3.8, 4) is 0 Å². The van der Waals surface area contributed by atoms with E-state index in [-0.39, 0.29) is 4.90 Å². The number of benzene rings is 2. The van der Waals surface area contributed by atoms with E-state index in [4.69, 9.17) is 0 Å². The number of hydrogen-bond donors (Lipinski definition) is 2. The summed E-state index contributed by atoms with van der Waals surface area (Å²) in [6.07, 6.45) is 0. The molecule has 0 aliphatic rings. The first-order chi connectivity index (χ1) is 10.8. The molecule has 5 nitrogen and oxygen atoms in total. The van der Waals surface area contributed by atoms with Gasteiger partial charge in [0.1, 0.15) is 5.82 Å². The minimum atomic E-state index is -3.90. The minimum absolute atomic E-state index is 0.103. The normalized spacial score (nSPS) is 12.7. The van der Waals surface area contributed by atoms with E-state index in [9.17, 15) is 17.6 Å². The summed E-state index contributed by atoms with van der Waals surface area (Å²) in [6.45, 7) is 3.36. The maximum atomic E-state index is 12.9. The molecule has 0 saturated heterocycles. The van der Waals surface area contributed by atoms with Crippen LogP contribution in [0.2, 0.25) is 0 Å². The van der Waals surface area contributed by atoms with Gasteiger partial charge in [-0.05, 0) is 50.2 Å². The van der Waals surface area contributed by atoms with E-state index < -0.39 is 27.8 Å². The molecule has 0 aliphatic carbocycles. The molecule has 1 amide bonds. The Morgan fingerprint density at radius 1 is 1.04 bits per heavy atom. The van der Waals surface area contributed by atoms with Crippen LogP contribution in [0.3, 0.4) is 0 Å². The van der Waals surface area contributed by atoms with Gasteiger partial charge < -0.3 is 5.32 Å². The van der Waals surface area contributed by atoms with Crippen molar-refractivity contribution in [2.45, 2.75) is 24.8 Å². The number of amides is 1. The molecule has 2 rings (SSSR count). The third kappa shape index (κ3) is 4.61. The minimum Gasteiger partial charge on any atom is -0.325 e. The molecule has 23 heavy (non-hydrogen) atoms. The molecule has 0 aliphatic heterocycles. The Labute approximate surface area is 134 Å². The molecule has 2 aromatic rings. The molecule has 1 atom stereocenters. The summed E-state index contributed by atoms with van der Waals surface area (Å²) in [7, 11) is -3.90. The second-order valence-electron chi connectivity index (χ2n) is 5.15. The number of nitrogens with one attached hydrogen (secondary N) is 2. The van der Waals surface area contributed by atoms with Gasteiger partial charge in [0.05, 0.1) is 10.9 Å². The first kappa shape index (κ1) is 17.1. The van der Waals surface area contributed by atoms with Crippen molar-refractivity contribution in [1.29, 1.82) is 0 Å². The van der Waals surface area contributed by atoms with Crippen molar-refractivity contribution in [3.05, 3.63) is 59.9 Å². The fourth-order valence-corrected chi connectivity index (χ4v) is 3.06. The van der Waals surface area contributed by atoms with Gasteiger partial charge in [0.25, 0.3) is 0 Å². The Hall–Kier alpha value is -2.25. The SMILES string of the molecule is Cc1ccc(NC(=O)C(C)NS(=O)(=O)c2ccc(F)cc2)cc1. The zero-order valence-electron chi connectivity index (χ0n) is 12.7. The second kappa shape index (κ2) is 6.89. The van der Waals surface area contributed by atoms with Crippen LogP contribution in [0.4, 0.5) is 10.1 Å². The highest BCUT2D eigenvalue weighted by molar-refractivity contribution is 7.89. The molecule has 0 aromatic heterocycles. The van der Waals surface area contributed by atoms with Gasteiger partial charge in [0.2, 0.25) is 15.9 Å². The van der Waals surface area contributed by atoms with Gasteiger partial charge in [0.15, 0.2) is 0 Å². The third-order valence-electron chi connectivity index (χ3n) is 3.17. The molecule has 2 N–H and O–H groups in total. The Morgan fingerprint density at radius 3 is 2.17 bits per heavy atom. The lowest BCUT2D eigenvalue weighted by atomic mass is 10.2. The van der Waals surface area contributed by atoms with Crippen molar-refractivity contribution in [1.82, 2.24) is 4.72 Å². The highest BCUT2D eigenvalue weighted by atomic mass is 32.2. The van der Waals surface area contributed by atoms with Gasteiger partial charge in [-0.25, -0.2) is 12.8 Å². The van der Waals surface area contributed by atoms with Gasteiger partial charge in [-0.15, -0.1) is 0 Å². The number of hydrogen-bond acceptors (Lipinski definition) is 3. The van der Waals surface area contributed by atoms with E-state index in [0.29, 0.717) is 5.69 Å². The fraction of sp³-hybridized carbons (Fsp3) is 0.188. The predicted molar refractivity (Wildman–Crippen MR) is 86.0 cm³/mol. The molecule has 0 heterocycles. The molecule has 7 heteroatoms. The van der Waals surface area contributed by atoms with Gasteiger partial charge >= 0.3 is 0 Å². The topological polar surface area (TPSA) is 75.3 Å². The smallest absolute Gasteiger partial charge is 0.242 e. The molecule has 0 bridgehead atoms. The number of carbonyl (C=O) groups excluding carboxylic acids is 1. The summed E-state index contributed by atoms with van der Waals surface area (Å²) in [4.78, 5) is 12.0. The Bertz CT molecular complexity index is 787. The van der Waals surface area contributed by atoms with Gasteiger partial charge in [0, 0.05) is 5.69 Å². The summed E-state index contributed by atoms with van der Waals surface area (Å²) >= 11 is 0. The summed E-state index contributed by atoms with van der Waals surface area (Å²) < 4.78 is 39.4. The van der Waals surface area contributed by atoms with E-state index in [0.717, 1.165) is 29.8 Å². The average molecular weight is 336 g/mol. The van der Waals surface area contributed by atoms with Crippen molar-refractivity contribution < 1.29 is 17.6 Å². The van der Waals surface area contributed by atoms with Crippen LogP contribution >= 0.6 is 0 Å². The Morgan fingerprint density at radius 2 is 1.61 bits per heavy atom. The molecule has 0 spiro atoms. The molecule has 1 unspecified atom stereocenters. The predicted octanol–water partition coefficient (Wildman–Crippen LogP) is 2.44. The number of sulfonamides is 1. The van der Waals surface area contributed by atoms with E-state index >= 15 is 0 Å². The van der Waals surface area contributed by atoms with E-state index in [1.165, 1.54) is 6.92 Å². The summed E-state index contributed by atoms with van der Waals surface area (Å²) in [5.74, 6) is -1.02. The first-order valence-corrected chi connectivity index (χ1v) is 8.42. The first-order valence-electron chi connectivity index (χ1n) is 6.93. The van der Waals surface area contributed by atoms with Crippen LogP contribution < -0.4 is 10.0 Å². The standard InChI is InChI=1S/C16H17FN2O3S/c1-11-3-7-14(8-4-11)18-16(20)12(2)19-23(21,22)15-9-5-13(17)6-10-15/h3-10,12,19H,1-2H3,(H,18,20). The van der Waals surface area contributed by atoms with E-state index in [2.05, 4.69) is 10.0 Å².